The Morgan fingerprint density at radius 2 is 2.21 bits per heavy atom. The molecule has 128 valence electrons. The van der Waals surface area contributed by atoms with Crippen molar-refractivity contribution in [2.75, 3.05) is 14.1 Å². The molecule has 24 heavy (non-hydrogen) atoms. The first-order valence-electron chi connectivity index (χ1n) is 6.73. The third kappa shape index (κ3) is 4.19. The van der Waals surface area contributed by atoms with Gasteiger partial charge in [-0.3, -0.25) is 0 Å². The molecule has 0 atom stereocenters. The summed E-state index contributed by atoms with van der Waals surface area (Å²) < 4.78 is 22.8. The average Bonchev–Trinajstić information content (AvgIpc) is 3.01. The minimum absolute atomic E-state index is 0.0526. The molecule has 2 aromatic rings. The van der Waals surface area contributed by atoms with Crippen LogP contribution in [0.4, 0.5) is 9.18 Å². The van der Waals surface area contributed by atoms with Crippen LogP contribution in [-0.2, 0) is 17.8 Å². The van der Waals surface area contributed by atoms with E-state index in [0.717, 1.165) is 0 Å². The standard InChI is InChI=1S/C14H14ClFN4O4/c1-20(2)14(21)23-7-12-13(19-24-18-12)11(17-22)6-8-3-4-10(16)9(15)5-8/h3-5,22H,6-7H2,1-2H3. The number of benzene rings is 1. The minimum Gasteiger partial charge on any atom is -0.443 e. The molecule has 1 aromatic carbocycles. The first kappa shape index (κ1) is 17.7. The molecule has 0 aliphatic carbocycles. The Hall–Kier alpha value is -2.68. The number of carbonyl (C=O) groups is 1. The zero-order valence-corrected chi connectivity index (χ0v) is 13.6. The molecule has 0 bridgehead atoms. The van der Waals surface area contributed by atoms with Crippen LogP contribution in [0.25, 0.3) is 0 Å². The van der Waals surface area contributed by atoms with E-state index < -0.39 is 11.9 Å². The molecular weight excluding hydrogens is 343 g/mol. The summed E-state index contributed by atoms with van der Waals surface area (Å²) in [4.78, 5) is 12.7. The second-order valence-electron chi connectivity index (χ2n) is 4.98. The lowest BCUT2D eigenvalue weighted by atomic mass is 10.1. The lowest BCUT2D eigenvalue weighted by Crippen LogP contribution is -2.23. The topological polar surface area (TPSA) is 101 Å². The normalized spacial score (nSPS) is 11.4. The highest BCUT2D eigenvalue weighted by Gasteiger charge is 2.20. The summed E-state index contributed by atoms with van der Waals surface area (Å²) in [5.41, 5.74) is 1.01. The number of ether oxygens (including phenoxy) is 1. The molecule has 1 heterocycles. The SMILES string of the molecule is CN(C)C(=O)OCc1nonc1C(Cc1ccc(F)c(Cl)c1)=NO. The van der Waals surface area contributed by atoms with Gasteiger partial charge < -0.3 is 14.8 Å². The van der Waals surface area contributed by atoms with Gasteiger partial charge in [-0.1, -0.05) is 28.0 Å². The van der Waals surface area contributed by atoms with Gasteiger partial charge in [0.15, 0.2) is 11.4 Å². The number of hydrogen-bond acceptors (Lipinski definition) is 7. The van der Waals surface area contributed by atoms with Crippen molar-refractivity contribution in [3.8, 4) is 0 Å². The van der Waals surface area contributed by atoms with Crippen molar-refractivity contribution in [3.05, 3.63) is 46.0 Å². The molecule has 1 aromatic heterocycles. The highest BCUT2D eigenvalue weighted by molar-refractivity contribution is 6.30. The zero-order chi connectivity index (χ0) is 17.7. The predicted molar refractivity (Wildman–Crippen MR) is 81.6 cm³/mol. The van der Waals surface area contributed by atoms with Crippen LogP contribution in [0.5, 0.6) is 0 Å². The Bertz CT molecular complexity index is 763. The predicted octanol–water partition coefficient (Wildman–Crippen LogP) is 2.48. The monoisotopic (exact) mass is 356 g/mol. The summed E-state index contributed by atoms with van der Waals surface area (Å²) in [6, 6.07) is 4.10. The molecule has 0 saturated carbocycles. The van der Waals surface area contributed by atoms with Crippen LogP contribution in [0.3, 0.4) is 0 Å². The van der Waals surface area contributed by atoms with Gasteiger partial charge in [0.25, 0.3) is 0 Å². The highest BCUT2D eigenvalue weighted by atomic mass is 35.5. The minimum atomic E-state index is -0.572. The number of halogens is 2. The molecule has 0 radical (unpaired) electrons. The van der Waals surface area contributed by atoms with Crippen LogP contribution >= 0.6 is 11.6 Å². The van der Waals surface area contributed by atoms with E-state index in [1.165, 1.54) is 37.2 Å². The first-order chi connectivity index (χ1) is 11.4. The van der Waals surface area contributed by atoms with Crippen molar-refractivity contribution < 1.29 is 23.8 Å². The Morgan fingerprint density at radius 3 is 2.83 bits per heavy atom. The number of amides is 1. The third-order valence-electron chi connectivity index (χ3n) is 3.00. The first-order valence-corrected chi connectivity index (χ1v) is 7.11. The van der Waals surface area contributed by atoms with Crippen LogP contribution in [-0.4, -0.2) is 46.3 Å². The summed E-state index contributed by atoms with van der Waals surface area (Å²) in [5.74, 6) is -0.553. The molecule has 0 saturated heterocycles. The van der Waals surface area contributed by atoms with Gasteiger partial charge in [-0.15, -0.1) is 0 Å². The van der Waals surface area contributed by atoms with Gasteiger partial charge in [-0.05, 0) is 22.9 Å². The molecule has 1 amide bonds. The van der Waals surface area contributed by atoms with E-state index in [-0.39, 0.29) is 35.1 Å². The fourth-order valence-electron chi connectivity index (χ4n) is 1.79. The fourth-order valence-corrected chi connectivity index (χ4v) is 1.99. The van der Waals surface area contributed by atoms with Crippen molar-refractivity contribution in [1.29, 1.82) is 0 Å². The second kappa shape index (κ2) is 7.73. The third-order valence-corrected chi connectivity index (χ3v) is 3.29. The molecule has 2 rings (SSSR count). The molecule has 10 heteroatoms. The summed E-state index contributed by atoms with van der Waals surface area (Å²) in [7, 11) is 3.06. The van der Waals surface area contributed by atoms with Crippen LogP contribution in [0.15, 0.2) is 28.0 Å². The van der Waals surface area contributed by atoms with Crippen molar-refractivity contribution in [3.63, 3.8) is 0 Å². The Kier molecular flexibility index (Phi) is 5.69. The summed E-state index contributed by atoms with van der Waals surface area (Å²) in [6.45, 7) is -0.209. The largest absolute Gasteiger partial charge is 0.443 e. The number of aromatic nitrogens is 2. The maximum absolute atomic E-state index is 13.2. The lowest BCUT2D eigenvalue weighted by molar-refractivity contribution is 0.109. The Morgan fingerprint density at radius 1 is 1.46 bits per heavy atom. The number of carbonyl (C=O) groups excluding carboxylic acids is 1. The lowest BCUT2D eigenvalue weighted by Gasteiger charge is -2.10. The van der Waals surface area contributed by atoms with Gasteiger partial charge in [0.2, 0.25) is 0 Å². The maximum atomic E-state index is 13.2. The molecule has 0 aliphatic rings. The number of rotatable bonds is 5. The Labute approximate surface area is 141 Å². The number of oxime groups is 1. The van der Waals surface area contributed by atoms with E-state index in [4.69, 9.17) is 16.3 Å². The van der Waals surface area contributed by atoms with Gasteiger partial charge in [0.05, 0.1) is 5.02 Å². The van der Waals surface area contributed by atoms with Crippen LogP contribution < -0.4 is 0 Å². The van der Waals surface area contributed by atoms with Gasteiger partial charge in [-0.25, -0.2) is 13.8 Å². The highest BCUT2D eigenvalue weighted by Crippen LogP contribution is 2.18. The molecule has 0 spiro atoms. The quantitative estimate of drug-likeness (QED) is 0.501. The molecule has 8 nitrogen and oxygen atoms in total. The number of hydrogen-bond donors (Lipinski definition) is 1. The summed E-state index contributed by atoms with van der Waals surface area (Å²) >= 11 is 5.72. The van der Waals surface area contributed by atoms with Gasteiger partial charge in [0.1, 0.15) is 18.1 Å². The van der Waals surface area contributed by atoms with E-state index in [9.17, 15) is 14.4 Å². The summed E-state index contributed by atoms with van der Waals surface area (Å²) in [5, 5.41) is 19.6. The van der Waals surface area contributed by atoms with E-state index in [0.29, 0.717) is 5.56 Å². The van der Waals surface area contributed by atoms with Gasteiger partial charge in [-0.2, -0.15) is 0 Å². The maximum Gasteiger partial charge on any atom is 0.409 e. The van der Waals surface area contributed by atoms with E-state index >= 15 is 0 Å². The summed E-state index contributed by atoms with van der Waals surface area (Å²) in [6.07, 6.45) is -0.476. The molecule has 0 unspecified atom stereocenters. The Balaban J connectivity index is 2.15. The average molecular weight is 357 g/mol. The molecular formula is C14H14ClFN4O4. The molecule has 0 fully saturated rings. The molecule has 1 N–H and O–H groups in total. The smallest absolute Gasteiger partial charge is 0.409 e. The van der Waals surface area contributed by atoms with Crippen LogP contribution in [0.1, 0.15) is 17.0 Å². The molecule has 0 aliphatic heterocycles. The van der Waals surface area contributed by atoms with Crippen molar-refractivity contribution in [2.45, 2.75) is 13.0 Å². The van der Waals surface area contributed by atoms with Crippen molar-refractivity contribution in [1.82, 2.24) is 15.2 Å². The van der Waals surface area contributed by atoms with E-state index in [1.807, 2.05) is 0 Å². The van der Waals surface area contributed by atoms with Crippen LogP contribution in [0, 0.1) is 5.82 Å². The van der Waals surface area contributed by atoms with Crippen molar-refractivity contribution >= 4 is 23.4 Å². The second-order valence-corrected chi connectivity index (χ2v) is 5.39. The van der Waals surface area contributed by atoms with E-state index in [1.54, 1.807) is 0 Å². The van der Waals surface area contributed by atoms with E-state index in [2.05, 4.69) is 20.1 Å². The number of nitrogens with zero attached hydrogens (tertiary/aromatic N) is 4. The zero-order valence-electron chi connectivity index (χ0n) is 12.9. The van der Waals surface area contributed by atoms with Crippen molar-refractivity contribution in [2.24, 2.45) is 5.16 Å². The van der Waals surface area contributed by atoms with Gasteiger partial charge in [0, 0.05) is 20.5 Å². The van der Waals surface area contributed by atoms with Gasteiger partial charge >= 0.3 is 6.09 Å². The fraction of sp³-hybridized carbons (Fsp3) is 0.286. The van der Waals surface area contributed by atoms with Crippen LogP contribution in [0.2, 0.25) is 5.02 Å².